The third kappa shape index (κ3) is 2.83. The first-order valence-corrected chi connectivity index (χ1v) is 6.13. The lowest BCUT2D eigenvalue weighted by molar-refractivity contribution is 0.181. The predicted molar refractivity (Wildman–Crippen MR) is 63.2 cm³/mol. The van der Waals surface area contributed by atoms with Gasteiger partial charge in [0.1, 0.15) is 0 Å². The van der Waals surface area contributed by atoms with E-state index in [2.05, 4.69) is 30.5 Å². The summed E-state index contributed by atoms with van der Waals surface area (Å²) < 4.78 is 7.41. The van der Waals surface area contributed by atoms with Crippen molar-refractivity contribution >= 4 is 0 Å². The molecule has 0 amide bonds. The average Bonchev–Trinajstić information content (AvgIpc) is 2.90. The van der Waals surface area contributed by atoms with Crippen molar-refractivity contribution in [2.75, 3.05) is 19.8 Å². The van der Waals surface area contributed by atoms with Crippen molar-refractivity contribution in [2.24, 2.45) is 5.92 Å². The summed E-state index contributed by atoms with van der Waals surface area (Å²) in [4.78, 5) is 0. The second-order valence-electron chi connectivity index (χ2n) is 4.50. The minimum atomic E-state index is 0.388. The van der Waals surface area contributed by atoms with Crippen LogP contribution >= 0.6 is 0 Å². The van der Waals surface area contributed by atoms with Crippen molar-refractivity contribution in [1.29, 1.82) is 0 Å². The van der Waals surface area contributed by atoms with E-state index in [-0.39, 0.29) is 0 Å². The van der Waals surface area contributed by atoms with Crippen LogP contribution in [-0.2, 0) is 11.3 Å². The highest BCUT2D eigenvalue weighted by atomic mass is 16.5. The zero-order chi connectivity index (χ0) is 11.4. The number of hydrogen-bond donors (Lipinski definition) is 1. The van der Waals surface area contributed by atoms with E-state index in [1.807, 2.05) is 10.9 Å². The fourth-order valence-corrected chi connectivity index (χ4v) is 2.12. The Morgan fingerprint density at radius 1 is 1.69 bits per heavy atom. The quantitative estimate of drug-likeness (QED) is 0.824. The normalized spacial score (nSPS) is 22.5. The third-order valence-electron chi connectivity index (χ3n) is 3.13. The van der Waals surface area contributed by atoms with Crippen LogP contribution in [0.2, 0.25) is 0 Å². The Bertz CT molecular complexity index is 318. The maximum atomic E-state index is 5.37. The molecular formula is C12H21N3O. The summed E-state index contributed by atoms with van der Waals surface area (Å²) in [5.41, 5.74) is 1.26. The SMILES string of the molecule is CCNC(C)c1cnn(CC2CCOC2)c1. The van der Waals surface area contributed by atoms with E-state index in [0.29, 0.717) is 12.0 Å². The molecule has 16 heavy (non-hydrogen) atoms. The topological polar surface area (TPSA) is 39.1 Å². The molecule has 0 spiro atoms. The van der Waals surface area contributed by atoms with Crippen LogP contribution in [0.15, 0.2) is 12.4 Å². The summed E-state index contributed by atoms with van der Waals surface area (Å²) >= 11 is 0. The Balaban J connectivity index is 1.90. The van der Waals surface area contributed by atoms with Crippen LogP contribution in [-0.4, -0.2) is 29.5 Å². The van der Waals surface area contributed by atoms with Gasteiger partial charge in [-0.05, 0) is 19.9 Å². The molecule has 0 aliphatic carbocycles. The Morgan fingerprint density at radius 3 is 3.25 bits per heavy atom. The van der Waals surface area contributed by atoms with Gasteiger partial charge in [0.05, 0.1) is 12.8 Å². The van der Waals surface area contributed by atoms with Crippen LogP contribution < -0.4 is 5.32 Å². The second kappa shape index (κ2) is 5.46. The molecule has 0 radical (unpaired) electrons. The van der Waals surface area contributed by atoms with Gasteiger partial charge in [-0.25, -0.2) is 0 Å². The number of rotatable bonds is 5. The minimum absolute atomic E-state index is 0.388. The highest BCUT2D eigenvalue weighted by molar-refractivity contribution is 5.09. The van der Waals surface area contributed by atoms with Crippen LogP contribution in [0.1, 0.15) is 31.9 Å². The van der Waals surface area contributed by atoms with Gasteiger partial charge < -0.3 is 10.1 Å². The monoisotopic (exact) mass is 223 g/mol. The summed E-state index contributed by atoms with van der Waals surface area (Å²) in [6, 6.07) is 0.388. The van der Waals surface area contributed by atoms with E-state index in [4.69, 9.17) is 4.74 Å². The molecule has 0 bridgehead atoms. The molecule has 2 heterocycles. The number of ether oxygens (including phenoxy) is 1. The highest BCUT2D eigenvalue weighted by Crippen LogP contribution is 2.16. The van der Waals surface area contributed by atoms with Crippen molar-refractivity contribution in [3.8, 4) is 0 Å². The smallest absolute Gasteiger partial charge is 0.0537 e. The van der Waals surface area contributed by atoms with E-state index in [1.54, 1.807) is 0 Å². The summed E-state index contributed by atoms with van der Waals surface area (Å²) in [7, 11) is 0. The lowest BCUT2D eigenvalue weighted by Gasteiger charge is -2.09. The average molecular weight is 223 g/mol. The Kier molecular flexibility index (Phi) is 3.96. The zero-order valence-electron chi connectivity index (χ0n) is 10.1. The van der Waals surface area contributed by atoms with Gasteiger partial charge in [0.25, 0.3) is 0 Å². The maximum absolute atomic E-state index is 5.37. The zero-order valence-corrected chi connectivity index (χ0v) is 10.1. The number of nitrogens with one attached hydrogen (secondary N) is 1. The Morgan fingerprint density at radius 2 is 2.56 bits per heavy atom. The van der Waals surface area contributed by atoms with Gasteiger partial charge in [-0.1, -0.05) is 6.92 Å². The largest absolute Gasteiger partial charge is 0.381 e. The van der Waals surface area contributed by atoms with Gasteiger partial charge in [-0.15, -0.1) is 0 Å². The van der Waals surface area contributed by atoms with Gasteiger partial charge in [0.2, 0.25) is 0 Å². The Hall–Kier alpha value is -0.870. The molecule has 1 aromatic rings. The summed E-state index contributed by atoms with van der Waals surface area (Å²) in [6.45, 7) is 8.06. The molecule has 1 aliphatic heterocycles. The van der Waals surface area contributed by atoms with Crippen molar-refractivity contribution in [3.63, 3.8) is 0 Å². The van der Waals surface area contributed by atoms with Crippen molar-refractivity contribution in [3.05, 3.63) is 18.0 Å². The standard InChI is InChI=1S/C12H21N3O/c1-3-13-10(2)12-6-14-15(8-12)7-11-4-5-16-9-11/h6,8,10-11,13H,3-5,7,9H2,1-2H3. The number of aromatic nitrogens is 2. The van der Waals surface area contributed by atoms with Crippen molar-refractivity contribution < 1.29 is 4.74 Å². The first-order chi connectivity index (χ1) is 7.79. The predicted octanol–water partition coefficient (Wildman–Crippen LogP) is 1.59. The fourth-order valence-electron chi connectivity index (χ4n) is 2.12. The molecule has 4 heteroatoms. The van der Waals surface area contributed by atoms with Crippen molar-refractivity contribution in [1.82, 2.24) is 15.1 Å². The van der Waals surface area contributed by atoms with Crippen LogP contribution in [0.25, 0.3) is 0 Å². The van der Waals surface area contributed by atoms with Crippen LogP contribution in [0.3, 0.4) is 0 Å². The molecule has 90 valence electrons. The van der Waals surface area contributed by atoms with E-state index in [1.165, 1.54) is 5.56 Å². The fraction of sp³-hybridized carbons (Fsp3) is 0.750. The van der Waals surface area contributed by atoms with E-state index in [9.17, 15) is 0 Å². The molecular weight excluding hydrogens is 202 g/mol. The van der Waals surface area contributed by atoms with Crippen LogP contribution in [0.4, 0.5) is 0 Å². The molecule has 0 saturated carbocycles. The molecule has 1 saturated heterocycles. The second-order valence-corrected chi connectivity index (χ2v) is 4.50. The number of nitrogens with zero attached hydrogens (tertiary/aromatic N) is 2. The van der Waals surface area contributed by atoms with E-state index >= 15 is 0 Å². The van der Waals surface area contributed by atoms with Crippen LogP contribution in [0.5, 0.6) is 0 Å². The Labute approximate surface area is 97.0 Å². The molecule has 0 aromatic carbocycles. The molecule has 2 atom stereocenters. The van der Waals surface area contributed by atoms with E-state index < -0.39 is 0 Å². The molecule has 2 rings (SSSR count). The summed E-state index contributed by atoms with van der Waals surface area (Å²) in [5.74, 6) is 0.641. The molecule has 4 nitrogen and oxygen atoms in total. The first kappa shape index (κ1) is 11.6. The van der Waals surface area contributed by atoms with Gasteiger partial charge in [0.15, 0.2) is 0 Å². The summed E-state index contributed by atoms with van der Waals surface area (Å²) in [5, 5.41) is 7.79. The lowest BCUT2D eigenvalue weighted by Crippen LogP contribution is -2.17. The molecule has 1 fully saturated rings. The third-order valence-corrected chi connectivity index (χ3v) is 3.13. The molecule has 1 aliphatic rings. The van der Waals surface area contributed by atoms with Gasteiger partial charge in [-0.2, -0.15) is 5.10 Å². The molecule has 2 unspecified atom stereocenters. The minimum Gasteiger partial charge on any atom is -0.381 e. The van der Waals surface area contributed by atoms with Crippen molar-refractivity contribution in [2.45, 2.75) is 32.9 Å². The number of hydrogen-bond acceptors (Lipinski definition) is 3. The maximum Gasteiger partial charge on any atom is 0.0537 e. The molecule has 1 N–H and O–H groups in total. The molecule has 1 aromatic heterocycles. The van der Waals surface area contributed by atoms with Gasteiger partial charge >= 0.3 is 0 Å². The van der Waals surface area contributed by atoms with Gasteiger partial charge in [0, 0.05) is 36.9 Å². The van der Waals surface area contributed by atoms with Gasteiger partial charge in [-0.3, -0.25) is 4.68 Å². The summed E-state index contributed by atoms with van der Waals surface area (Å²) in [6.07, 6.45) is 5.27. The first-order valence-electron chi connectivity index (χ1n) is 6.13. The highest BCUT2D eigenvalue weighted by Gasteiger charge is 2.17. The van der Waals surface area contributed by atoms with E-state index in [0.717, 1.165) is 32.7 Å². The lowest BCUT2D eigenvalue weighted by atomic mass is 10.1. The van der Waals surface area contributed by atoms with Crippen LogP contribution in [0, 0.1) is 5.92 Å².